The van der Waals surface area contributed by atoms with Crippen LogP contribution >= 0.6 is 0 Å². The van der Waals surface area contributed by atoms with E-state index in [0.717, 1.165) is 16.2 Å². The van der Waals surface area contributed by atoms with Crippen LogP contribution in [-0.2, 0) is 9.53 Å². The van der Waals surface area contributed by atoms with E-state index in [1.54, 1.807) is 13.0 Å². The summed E-state index contributed by atoms with van der Waals surface area (Å²) in [5.41, 5.74) is -0.111. The van der Waals surface area contributed by atoms with E-state index in [1.165, 1.54) is 6.08 Å². The molecule has 0 radical (unpaired) electrons. The number of rotatable bonds is 2. The minimum Gasteiger partial charge on any atom is -0.463 e. The zero-order valence-corrected chi connectivity index (χ0v) is 10.5. The summed E-state index contributed by atoms with van der Waals surface area (Å²) < 4.78 is 4.88. The Hall–Kier alpha value is -2.42. The quantitative estimate of drug-likeness (QED) is 0.654. The van der Waals surface area contributed by atoms with Crippen LogP contribution in [-0.4, -0.2) is 12.6 Å². The number of carbonyl (C=O) groups is 1. The first kappa shape index (κ1) is 11.7. The first-order valence-corrected chi connectivity index (χ1v) is 6.17. The molecule has 0 saturated heterocycles. The van der Waals surface area contributed by atoms with Gasteiger partial charge in [-0.25, -0.2) is 4.79 Å². The molecule has 3 rings (SSSR count). The fourth-order valence-electron chi connectivity index (χ4n) is 2.47. The molecule has 19 heavy (non-hydrogen) atoms. The largest absolute Gasteiger partial charge is 0.463 e. The van der Waals surface area contributed by atoms with Gasteiger partial charge in [-0.3, -0.25) is 4.79 Å². The zero-order chi connectivity index (χ0) is 13.4. The average molecular weight is 252 g/mol. The minimum absolute atomic E-state index is 0.111. The summed E-state index contributed by atoms with van der Waals surface area (Å²) >= 11 is 0. The fourth-order valence-corrected chi connectivity index (χ4v) is 2.47. The molecule has 3 heteroatoms. The van der Waals surface area contributed by atoms with E-state index in [1.807, 2.05) is 30.3 Å². The molecule has 0 fully saturated rings. The van der Waals surface area contributed by atoms with Gasteiger partial charge < -0.3 is 4.74 Å². The van der Waals surface area contributed by atoms with Gasteiger partial charge in [-0.15, -0.1) is 0 Å². The minimum atomic E-state index is -0.476. The van der Waals surface area contributed by atoms with Crippen LogP contribution in [0.2, 0.25) is 0 Å². The van der Waals surface area contributed by atoms with Crippen LogP contribution in [0, 0.1) is 0 Å². The number of esters is 1. The molecule has 3 nitrogen and oxygen atoms in total. The second-order valence-electron chi connectivity index (χ2n) is 4.35. The lowest BCUT2D eigenvalue weighted by molar-refractivity contribution is -0.135. The maximum atomic E-state index is 12.3. The van der Waals surface area contributed by atoms with E-state index in [0.29, 0.717) is 17.2 Å². The number of carbonyl (C=O) groups excluding carboxylic acids is 1. The van der Waals surface area contributed by atoms with Gasteiger partial charge >= 0.3 is 5.97 Å². The molecule has 0 aliphatic carbocycles. The number of hydrogen-bond acceptors (Lipinski definition) is 3. The van der Waals surface area contributed by atoms with Crippen molar-refractivity contribution in [3.05, 3.63) is 51.8 Å². The van der Waals surface area contributed by atoms with E-state index in [4.69, 9.17) is 4.74 Å². The molecule has 0 bridgehead atoms. The molecule has 94 valence electrons. The summed E-state index contributed by atoms with van der Waals surface area (Å²) in [4.78, 5) is 23.9. The van der Waals surface area contributed by atoms with E-state index < -0.39 is 5.97 Å². The summed E-state index contributed by atoms with van der Waals surface area (Å²) in [6.07, 6.45) is 1.29. The summed E-state index contributed by atoms with van der Waals surface area (Å²) in [5.74, 6) is -0.476. The normalized spacial score (nSPS) is 12.4. The van der Waals surface area contributed by atoms with Crippen LogP contribution in [0.25, 0.3) is 27.6 Å². The van der Waals surface area contributed by atoms with E-state index in [2.05, 4.69) is 0 Å². The fraction of sp³-hybridized carbons (Fsp3) is 0.125. The molecule has 0 aromatic heterocycles. The van der Waals surface area contributed by atoms with Crippen LogP contribution in [0.5, 0.6) is 0 Å². The molecule has 0 unspecified atom stereocenters. The summed E-state index contributed by atoms with van der Waals surface area (Å²) in [6.45, 7) is 2.04. The maximum absolute atomic E-state index is 12.3. The molecule has 0 aliphatic rings. The summed E-state index contributed by atoms with van der Waals surface area (Å²) in [5, 5.41) is 3.82. The number of benzene rings is 2. The molecular formula is C16H12O3. The molecule has 0 heterocycles. The Morgan fingerprint density at radius 2 is 1.84 bits per heavy atom. The predicted molar refractivity (Wildman–Crippen MR) is 75.2 cm³/mol. The Kier molecular flexibility index (Phi) is 2.67. The summed E-state index contributed by atoms with van der Waals surface area (Å²) in [6, 6.07) is 11.3. The molecule has 0 N–H and O–H groups in total. The van der Waals surface area contributed by atoms with Gasteiger partial charge in [0, 0.05) is 22.1 Å². The van der Waals surface area contributed by atoms with Crippen molar-refractivity contribution in [2.75, 3.05) is 6.61 Å². The Labute approximate surface area is 109 Å². The zero-order valence-electron chi connectivity index (χ0n) is 10.5. The summed E-state index contributed by atoms with van der Waals surface area (Å²) in [7, 11) is 0. The first-order valence-electron chi connectivity index (χ1n) is 6.17. The topological polar surface area (TPSA) is 43.4 Å². The van der Waals surface area contributed by atoms with Gasteiger partial charge in [-0.2, -0.15) is 0 Å². The maximum Gasteiger partial charge on any atom is 0.331 e. The van der Waals surface area contributed by atoms with E-state index in [-0.39, 0.29) is 5.43 Å². The Balaban J connectivity index is 2.43. The lowest BCUT2D eigenvalue weighted by Gasteiger charge is -1.96. The number of ether oxygens (including phenoxy) is 1. The van der Waals surface area contributed by atoms with Gasteiger partial charge in [-0.05, 0) is 17.7 Å². The van der Waals surface area contributed by atoms with Gasteiger partial charge in [0.2, 0.25) is 0 Å². The van der Waals surface area contributed by atoms with Gasteiger partial charge in [0.1, 0.15) is 0 Å². The highest BCUT2D eigenvalue weighted by Crippen LogP contribution is 2.22. The van der Waals surface area contributed by atoms with Crippen molar-refractivity contribution >= 4 is 33.6 Å². The van der Waals surface area contributed by atoms with Gasteiger partial charge in [0.25, 0.3) is 0 Å². The predicted octanol–water partition coefficient (Wildman–Crippen LogP) is 1.85. The first-order chi connectivity index (χ1) is 9.22. The standard InChI is InChI=1S/C16H12O3/c1-2-19-14(17)9-13-11-7-3-5-10-6-4-8-12(15(10)11)16(13)18/h3-9H,2H2,1H3/b13-9-. The van der Waals surface area contributed by atoms with E-state index in [9.17, 15) is 9.59 Å². The third-order valence-electron chi connectivity index (χ3n) is 3.23. The van der Waals surface area contributed by atoms with Crippen LogP contribution in [0.1, 0.15) is 6.92 Å². The number of hydrogen-bond donors (Lipinski definition) is 0. The average Bonchev–Trinajstić information content (AvgIpc) is 2.68. The third-order valence-corrected chi connectivity index (χ3v) is 3.23. The Morgan fingerprint density at radius 3 is 2.53 bits per heavy atom. The molecule has 3 aromatic rings. The van der Waals surface area contributed by atoms with Crippen LogP contribution in [0.4, 0.5) is 0 Å². The Bertz CT molecular complexity index is 859. The van der Waals surface area contributed by atoms with Crippen molar-refractivity contribution < 1.29 is 9.53 Å². The molecule has 0 spiro atoms. The lowest BCUT2D eigenvalue weighted by atomic mass is 10.1. The second kappa shape index (κ2) is 4.35. The third kappa shape index (κ3) is 1.74. The van der Waals surface area contributed by atoms with Gasteiger partial charge in [-0.1, -0.05) is 36.4 Å². The van der Waals surface area contributed by atoms with Crippen LogP contribution in [0.15, 0.2) is 41.2 Å². The van der Waals surface area contributed by atoms with Crippen molar-refractivity contribution in [3.8, 4) is 0 Å². The highest BCUT2D eigenvalue weighted by Gasteiger charge is 2.11. The van der Waals surface area contributed by atoms with Gasteiger partial charge in [0.15, 0.2) is 5.43 Å². The highest BCUT2D eigenvalue weighted by molar-refractivity contribution is 6.14. The Morgan fingerprint density at radius 1 is 1.16 bits per heavy atom. The second-order valence-corrected chi connectivity index (χ2v) is 4.35. The molecule has 0 atom stereocenters. The smallest absolute Gasteiger partial charge is 0.331 e. The van der Waals surface area contributed by atoms with Crippen molar-refractivity contribution in [1.29, 1.82) is 0 Å². The molecule has 3 aromatic carbocycles. The van der Waals surface area contributed by atoms with Crippen molar-refractivity contribution in [3.63, 3.8) is 0 Å². The van der Waals surface area contributed by atoms with Gasteiger partial charge in [0.05, 0.1) is 6.61 Å². The van der Waals surface area contributed by atoms with Crippen LogP contribution < -0.4 is 10.6 Å². The van der Waals surface area contributed by atoms with Crippen molar-refractivity contribution in [1.82, 2.24) is 0 Å². The monoisotopic (exact) mass is 252 g/mol. The SMILES string of the molecule is CCOC(=O)/C=c1\c(=O)c2cccc3cccc1c32. The molecular weight excluding hydrogens is 240 g/mol. The molecule has 0 amide bonds. The highest BCUT2D eigenvalue weighted by atomic mass is 16.5. The van der Waals surface area contributed by atoms with Crippen molar-refractivity contribution in [2.45, 2.75) is 6.92 Å². The molecule has 0 aliphatic heterocycles. The van der Waals surface area contributed by atoms with E-state index >= 15 is 0 Å². The van der Waals surface area contributed by atoms with Crippen molar-refractivity contribution in [2.24, 2.45) is 0 Å². The van der Waals surface area contributed by atoms with Crippen LogP contribution in [0.3, 0.4) is 0 Å². The molecule has 0 saturated carbocycles. The lowest BCUT2D eigenvalue weighted by Crippen LogP contribution is -2.21.